The highest BCUT2D eigenvalue weighted by Crippen LogP contribution is 2.18. The van der Waals surface area contributed by atoms with Crippen LogP contribution in [-0.2, 0) is 9.84 Å². The normalized spacial score (nSPS) is 10.6. The SMILES string of the molecule is COc1cc(S(C)(=O)=O)c(C#N)cn1. The highest BCUT2D eigenvalue weighted by molar-refractivity contribution is 7.90. The first-order valence-corrected chi connectivity index (χ1v) is 5.52. The molecule has 1 aromatic heterocycles. The summed E-state index contributed by atoms with van der Waals surface area (Å²) in [6.45, 7) is 0. The predicted octanol–water partition coefficient (Wildman–Crippen LogP) is 0.365. The van der Waals surface area contributed by atoms with Crippen molar-refractivity contribution in [2.24, 2.45) is 0 Å². The molecule has 0 bridgehead atoms. The molecule has 1 heterocycles. The number of pyridine rings is 1. The summed E-state index contributed by atoms with van der Waals surface area (Å²) in [7, 11) is -2.05. The molecule has 0 saturated heterocycles. The Morgan fingerprint density at radius 2 is 2.21 bits per heavy atom. The molecule has 1 rings (SSSR count). The maximum atomic E-state index is 11.2. The van der Waals surface area contributed by atoms with Crippen LogP contribution in [0.25, 0.3) is 0 Å². The maximum absolute atomic E-state index is 11.2. The van der Waals surface area contributed by atoms with Gasteiger partial charge >= 0.3 is 0 Å². The van der Waals surface area contributed by atoms with Gasteiger partial charge in [0.05, 0.1) is 17.6 Å². The van der Waals surface area contributed by atoms with Crippen LogP contribution in [0.4, 0.5) is 0 Å². The minimum absolute atomic E-state index is 0.0216. The summed E-state index contributed by atoms with van der Waals surface area (Å²) in [5.41, 5.74) is 0.0216. The predicted molar refractivity (Wildman–Crippen MR) is 48.6 cm³/mol. The largest absolute Gasteiger partial charge is 0.481 e. The number of nitrogens with zero attached hydrogens (tertiary/aromatic N) is 2. The van der Waals surface area contributed by atoms with Crippen molar-refractivity contribution in [1.29, 1.82) is 5.26 Å². The Bertz CT molecular complexity index is 488. The molecule has 0 N–H and O–H groups in total. The molecule has 14 heavy (non-hydrogen) atoms. The van der Waals surface area contributed by atoms with E-state index in [4.69, 9.17) is 10.00 Å². The van der Waals surface area contributed by atoms with Crippen molar-refractivity contribution in [3.63, 3.8) is 0 Å². The van der Waals surface area contributed by atoms with Gasteiger partial charge in [0.2, 0.25) is 5.88 Å². The lowest BCUT2D eigenvalue weighted by atomic mass is 10.3. The van der Waals surface area contributed by atoms with Gasteiger partial charge in [-0.1, -0.05) is 0 Å². The van der Waals surface area contributed by atoms with Crippen LogP contribution < -0.4 is 4.74 Å². The standard InChI is InChI=1S/C8H8N2O3S/c1-13-8-3-7(14(2,11)12)6(4-9)5-10-8/h3,5H,1-2H3. The van der Waals surface area contributed by atoms with Crippen molar-refractivity contribution in [2.75, 3.05) is 13.4 Å². The van der Waals surface area contributed by atoms with Crippen molar-refractivity contribution in [1.82, 2.24) is 4.98 Å². The van der Waals surface area contributed by atoms with E-state index in [0.29, 0.717) is 0 Å². The Kier molecular flexibility index (Phi) is 2.72. The minimum Gasteiger partial charge on any atom is -0.481 e. The Balaban J connectivity index is 3.47. The zero-order chi connectivity index (χ0) is 10.8. The van der Waals surface area contributed by atoms with Gasteiger partial charge in [-0.25, -0.2) is 13.4 Å². The quantitative estimate of drug-likeness (QED) is 0.707. The molecule has 0 spiro atoms. The van der Waals surface area contributed by atoms with Crippen molar-refractivity contribution in [3.8, 4) is 11.9 Å². The second-order valence-corrected chi connectivity index (χ2v) is 4.59. The summed E-state index contributed by atoms with van der Waals surface area (Å²) in [4.78, 5) is 3.67. The first-order valence-electron chi connectivity index (χ1n) is 3.63. The molecule has 5 nitrogen and oxygen atoms in total. The van der Waals surface area contributed by atoms with Crippen LogP contribution >= 0.6 is 0 Å². The summed E-state index contributed by atoms with van der Waals surface area (Å²) in [6.07, 6.45) is 2.21. The van der Waals surface area contributed by atoms with Gasteiger partial charge in [-0.3, -0.25) is 0 Å². The van der Waals surface area contributed by atoms with E-state index >= 15 is 0 Å². The number of ether oxygens (including phenoxy) is 1. The zero-order valence-corrected chi connectivity index (χ0v) is 8.50. The van der Waals surface area contributed by atoms with Gasteiger partial charge in [0.15, 0.2) is 9.84 Å². The van der Waals surface area contributed by atoms with E-state index < -0.39 is 9.84 Å². The molecule has 0 radical (unpaired) electrons. The summed E-state index contributed by atoms with van der Waals surface area (Å²) < 4.78 is 27.3. The highest BCUT2D eigenvalue weighted by atomic mass is 32.2. The molecular weight excluding hydrogens is 204 g/mol. The summed E-state index contributed by atoms with van der Waals surface area (Å²) >= 11 is 0. The number of nitriles is 1. The lowest BCUT2D eigenvalue weighted by molar-refractivity contribution is 0.396. The Hall–Kier alpha value is -1.61. The number of sulfone groups is 1. The average molecular weight is 212 g/mol. The van der Waals surface area contributed by atoms with Gasteiger partial charge in [-0.05, 0) is 0 Å². The second kappa shape index (κ2) is 3.64. The van der Waals surface area contributed by atoms with E-state index in [9.17, 15) is 8.42 Å². The molecular formula is C8H8N2O3S. The molecule has 1 aromatic rings. The van der Waals surface area contributed by atoms with Crippen LogP contribution in [0.2, 0.25) is 0 Å². The number of hydrogen-bond donors (Lipinski definition) is 0. The Labute approximate surface area is 81.9 Å². The molecule has 0 aliphatic carbocycles. The molecule has 0 saturated carbocycles. The van der Waals surface area contributed by atoms with E-state index in [-0.39, 0.29) is 16.3 Å². The number of rotatable bonds is 2. The van der Waals surface area contributed by atoms with Crippen molar-refractivity contribution in [3.05, 3.63) is 17.8 Å². The molecule has 0 aromatic carbocycles. The fourth-order valence-corrected chi connectivity index (χ4v) is 1.73. The van der Waals surface area contributed by atoms with Crippen LogP contribution in [0.5, 0.6) is 5.88 Å². The third kappa shape index (κ3) is 2.00. The molecule has 0 aliphatic heterocycles. The molecule has 0 unspecified atom stereocenters. The van der Waals surface area contributed by atoms with Crippen LogP contribution in [0, 0.1) is 11.3 Å². The first kappa shape index (κ1) is 10.5. The second-order valence-electron chi connectivity index (χ2n) is 2.61. The molecule has 0 aliphatic rings. The lowest BCUT2D eigenvalue weighted by Gasteiger charge is -2.03. The Morgan fingerprint density at radius 3 is 2.64 bits per heavy atom. The summed E-state index contributed by atoms with van der Waals surface area (Å²) in [5.74, 6) is 0.171. The smallest absolute Gasteiger partial charge is 0.214 e. The first-order chi connectivity index (χ1) is 6.49. The van der Waals surface area contributed by atoms with Gasteiger partial charge < -0.3 is 4.74 Å². The van der Waals surface area contributed by atoms with E-state index in [1.165, 1.54) is 19.4 Å². The van der Waals surface area contributed by atoms with E-state index in [1.807, 2.05) is 0 Å². The minimum atomic E-state index is -3.42. The molecule has 0 amide bonds. The Morgan fingerprint density at radius 1 is 1.57 bits per heavy atom. The average Bonchev–Trinajstić information content (AvgIpc) is 2.15. The van der Waals surface area contributed by atoms with Crippen molar-refractivity contribution in [2.45, 2.75) is 4.90 Å². The molecule has 6 heteroatoms. The lowest BCUT2D eigenvalue weighted by Crippen LogP contribution is -2.02. The highest BCUT2D eigenvalue weighted by Gasteiger charge is 2.14. The van der Waals surface area contributed by atoms with E-state index in [2.05, 4.69) is 4.98 Å². The van der Waals surface area contributed by atoms with Crippen LogP contribution in [0.15, 0.2) is 17.2 Å². The van der Waals surface area contributed by atoms with Crippen molar-refractivity contribution >= 4 is 9.84 Å². The van der Waals surface area contributed by atoms with Crippen LogP contribution in [0.1, 0.15) is 5.56 Å². The monoisotopic (exact) mass is 212 g/mol. The molecule has 74 valence electrons. The summed E-state index contributed by atoms with van der Waals surface area (Å²) in [6, 6.07) is 2.99. The summed E-state index contributed by atoms with van der Waals surface area (Å²) in [5, 5.41) is 8.65. The zero-order valence-electron chi connectivity index (χ0n) is 7.68. The molecule has 0 atom stereocenters. The molecule has 0 fully saturated rings. The van der Waals surface area contributed by atoms with Gasteiger partial charge in [0.1, 0.15) is 6.07 Å². The van der Waals surface area contributed by atoms with Crippen molar-refractivity contribution < 1.29 is 13.2 Å². The topological polar surface area (TPSA) is 80.0 Å². The third-order valence-electron chi connectivity index (χ3n) is 1.57. The van der Waals surface area contributed by atoms with Gasteiger partial charge in [0, 0.05) is 18.5 Å². The van der Waals surface area contributed by atoms with E-state index in [0.717, 1.165) is 6.26 Å². The maximum Gasteiger partial charge on any atom is 0.214 e. The van der Waals surface area contributed by atoms with Gasteiger partial charge in [-0.2, -0.15) is 5.26 Å². The number of hydrogen-bond acceptors (Lipinski definition) is 5. The van der Waals surface area contributed by atoms with Gasteiger partial charge in [-0.15, -0.1) is 0 Å². The van der Waals surface area contributed by atoms with Gasteiger partial charge in [0.25, 0.3) is 0 Å². The third-order valence-corrected chi connectivity index (χ3v) is 2.71. The number of methoxy groups -OCH3 is 1. The number of aromatic nitrogens is 1. The van der Waals surface area contributed by atoms with Crippen LogP contribution in [-0.4, -0.2) is 26.8 Å². The fourth-order valence-electron chi connectivity index (χ4n) is 0.921. The van der Waals surface area contributed by atoms with Crippen LogP contribution in [0.3, 0.4) is 0 Å². The fraction of sp³-hybridized carbons (Fsp3) is 0.250. The van der Waals surface area contributed by atoms with E-state index in [1.54, 1.807) is 6.07 Å².